The molecule has 1 radical (unpaired) electrons. The number of hydrogen-bond acceptors (Lipinski definition) is 2. The maximum Gasteiger partial charge on any atom is 0.0493 e. The fourth-order valence-corrected chi connectivity index (χ4v) is 1.20. The summed E-state index contributed by atoms with van der Waals surface area (Å²) in [6, 6.07) is 8.12. The van der Waals surface area contributed by atoms with Gasteiger partial charge in [0.2, 0.25) is 0 Å². The van der Waals surface area contributed by atoms with Gasteiger partial charge in [0, 0.05) is 54.4 Å². The molecule has 14 heavy (non-hydrogen) atoms. The smallest absolute Gasteiger partial charge is 0.0493 e. The first-order valence-electron chi connectivity index (χ1n) is 3.74. The van der Waals surface area contributed by atoms with Crippen LogP contribution in [0.4, 0.5) is 0 Å². The topological polar surface area (TPSA) is 34.1 Å². The van der Waals surface area contributed by atoms with E-state index in [1.54, 1.807) is 18.2 Å². The molecule has 0 spiro atoms. The minimum Gasteiger partial charge on any atom is -0.258 e. The van der Waals surface area contributed by atoms with Gasteiger partial charge < -0.3 is 0 Å². The second-order valence-electron chi connectivity index (χ2n) is 1.93. The average molecular weight is 420 g/mol. The molecule has 1 aromatic carbocycles. The number of benzene rings is 1. The maximum atomic E-state index is 10.7. The molecule has 0 atom stereocenters. The molecular weight excluding hydrogens is 407 g/mol. The van der Waals surface area contributed by atoms with Gasteiger partial charge in [-0.1, -0.05) is 32.0 Å². The summed E-state index contributed by atoms with van der Waals surface area (Å²) in [6.45, 7) is 4.00. The molecule has 2 nitrogen and oxygen atoms in total. The molecule has 0 aliphatic carbocycles. The third-order valence-corrected chi connectivity index (χ3v) is 2.09. The van der Waals surface area contributed by atoms with Crippen molar-refractivity contribution in [1.29, 1.82) is 0 Å². The number of hydrogen-bond donors (Lipinski definition) is 0. The molecule has 5 heteroatoms. The van der Waals surface area contributed by atoms with E-state index in [1.807, 2.05) is 13.8 Å². The van der Waals surface area contributed by atoms with Crippen LogP contribution in [0.3, 0.4) is 0 Å². The normalized spacial score (nSPS) is 8.50. The zero-order valence-electron chi connectivity index (χ0n) is 8.17. The zero-order valence-corrected chi connectivity index (χ0v) is 13.3. The third kappa shape index (κ3) is 7.81. The van der Waals surface area contributed by atoms with Crippen molar-refractivity contribution in [1.82, 2.24) is 0 Å². The van der Waals surface area contributed by atoms with Crippen molar-refractivity contribution in [2.75, 3.05) is 0 Å². The molecule has 0 heterocycles. The first kappa shape index (κ1) is 19.9. The average Bonchev–Trinajstić information content (AvgIpc) is 2.08. The van der Waals surface area contributed by atoms with Crippen molar-refractivity contribution >= 4 is 9.84 Å². The van der Waals surface area contributed by atoms with E-state index in [4.69, 9.17) is 0 Å². The molecule has 0 saturated carbocycles. The predicted molar refractivity (Wildman–Crippen MR) is 50.3 cm³/mol. The Balaban J connectivity index is -0.000000284. The molecule has 1 rings (SSSR count). The Bertz CT molecular complexity index is 311. The van der Waals surface area contributed by atoms with Crippen LogP contribution in [-0.2, 0) is 49.5 Å². The minimum absolute atomic E-state index is 0. The Kier molecular flexibility index (Phi) is 14.2. The molecule has 0 fully saturated rings. The second kappa shape index (κ2) is 9.98. The van der Waals surface area contributed by atoms with Crippen LogP contribution in [0.25, 0.3) is 0 Å². The zero-order chi connectivity index (χ0) is 9.61. The van der Waals surface area contributed by atoms with Crippen molar-refractivity contribution < 1.29 is 48.0 Å². The Morgan fingerprint density at radius 3 is 1.64 bits per heavy atom. The van der Waals surface area contributed by atoms with Crippen molar-refractivity contribution in [3.63, 3.8) is 0 Å². The molecule has 0 amide bonds. The van der Waals surface area contributed by atoms with Crippen molar-refractivity contribution in [2.45, 2.75) is 18.7 Å². The SMILES string of the molecule is CC.[CH2-]S(=O)(=O)c1ccccc1.[V].[W]. The van der Waals surface area contributed by atoms with Crippen LogP contribution in [0.15, 0.2) is 35.2 Å². The van der Waals surface area contributed by atoms with E-state index < -0.39 is 9.84 Å². The number of sulfone groups is 1. The molecule has 0 aromatic heterocycles. The first-order valence-corrected chi connectivity index (χ1v) is 5.39. The Morgan fingerprint density at radius 1 is 1.07 bits per heavy atom. The Hall–Kier alpha value is 0.443. The van der Waals surface area contributed by atoms with Gasteiger partial charge in [0.15, 0.2) is 0 Å². The van der Waals surface area contributed by atoms with Crippen LogP contribution in [0.5, 0.6) is 0 Å². The summed E-state index contributed by atoms with van der Waals surface area (Å²) in [7, 11) is -3.25. The molecule has 79 valence electrons. The molecular formula is C9H13O2SVW-. The van der Waals surface area contributed by atoms with E-state index in [2.05, 4.69) is 6.26 Å². The van der Waals surface area contributed by atoms with Gasteiger partial charge in [-0.2, -0.15) is 0 Å². The quantitative estimate of drug-likeness (QED) is 0.654. The number of rotatable bonds is 1. The maximum absolute atomic E-state index is 10.7. The van der Waals surface area contributed by atoms with Gasteiger partial charge in [0.1, 0.15) is 0 Å². The largest absolute Gasteiger partial charge is 0.258 e. The van der Waals surface area contributed by atoms with Crippen LogP contribution in [0.2, 0.25) is 0 Å². The van der Waals surface area contributed by atoms with Crippen molar-refractivity contribution in [2.24, 2.45) is 0 Å². The van der Waals surface area contributed by atoms with Gasteiger partial charge in [-0.3, -0.25) is 8.42 Å². The fourth-order valence-electron chi connectivity index (χ4n) is 0.628. The van der Waals surface area contributed by atoms with Crippen LogP contribution < -0.4 is 0 Å². The van der Waals surface area contributed by atoms with Crippen LogP contribution in [-0.4, -0.2) is 8.42 Å². The molecule has 1 aromatic rings. The molecule has 0 unspecified atom stereocenters. The molecule has 0 saturated heterocycles. The van der Waals surface area contributed by atoms with E-state index in [-0.39, 0.29) is 44.5 Å². The second-order valence-corrected chi connectivity index (χ2v) is 3.63. The van der Waals surface area contributed by atoms with E-state index in [1.165, 1.54) is 12.1 Å². The molecule has 0 N–H and O–H groups in total. The van der Waals surface area contributed by atoms with Gasteiger partial charge in [0.05, 0.1) is 0 Å². The fraction of sp³-hybridized carbons (Fsp3) is 0.222. The van der Waals surface area contributed by atoms with Gasteiger partial charge in [-0.25, -0.2) is 6.26 Å². The van der Waals surface area contributed by atoms with E-state index >= 15 is 0 Å². The van der Waals surface area contributed by atoms with E-state index in [9.17, 15) is 8.42 Å². The van der Waals surface area contributed by atoms with Gasteiger partial charge in [-0.05, 0) is 12.1 Å². The Morgan fingerprint density at radius 2 is 1.43 bits per heavy atom. The summed E-state index contributed by atoms with van der Waals surface area (Å²) in [5, 5.41) is 0. The monoisotopic (exact) mass is 420 g/mol. The van der Waals surface area contributed by atoms with Crippen molar-refractivity contribution in [3.05, 3.63) is 36.6 Å². The molecule has 0 bridgehead atoms. The summed E-state index contributed by atoms with van der Waals surface area (Å²) >= 11 is 0. The summed E-state index contributed by atoms with van der Waals surface area (Å²) in [4.78, 5) is 0.259. The molecule has 0 aliphatic heterocycles. The van der Waals surface area contributed by atoms with Gasteiger partial charge in [-0.15, -0.1) is 0 Å². The minimum atomic E-state index is -3.25. The summed E-state index contributed by atoms with van der Waals surface area (Å²) in [5.41, 5.74) is 0. The summed E-state index contributed by atoms with van der Waals surface area (Å²) in [5.74, 6) is 0. The van der Waals surface area contributed by atoms with Gasteiger partial charge >= 0.3 is 0 Å². The van der Waals surface area contributed by atoms with Crippen LogP contribution >= 0.6 is 0 Å². The summed E-state index contributed by atoms with van der Waals surface area (Å²) < 4.78 is 21.4. The predicted octanol–water partition coefficient (Wildman–Crippen LogP) is 2.27. The third-order valence-electron chi connectivity index (χ3n) is 1.10. The Labute approximate surface area is 113 Å². The van der Waals surface area contributed by atoms with E-state index in [0.29, 0.717) is 0 Å². The summed E-state index contributed by atoms with van der Waals surface area (Å²) in [6.07, 6.45) is 3.01. The molecule has 0 aliphatic rings. The van der Waals surface area contributed by atoms with Crippen LogP contribution in [0, 0.1) is 6.26 Å². The van der Waals surface area contributed by atoms with Crippen LogP contribution in [0.1, 0.15) is 13.8 Å². The van der Waals surface area contributed by atoms with E-state index in [0.717, 1.165) is 0 Å². The first-order chi connectivity index (χ1) is 5.61. The van der Waals surface area contributed by atoms with Gasteiger partial charge in [0.25, 0.3) is 0 Å². The standard InChI is InChI=1S/C7H7O2S.C2H6.V.W/c1-10(8,9)7-5-3-2-4-6-7;1-2;;/h2-6H,1H2;1-2H3;;/q-1;;;. The van der Waals surface area contributed by atoms with Crippen molar-refractivity contribution in [3.8, 4) is 0 Å².